The summed E-state index contributed by atoms with van der Waals surface area (Å²) in [6.45, 7) is 11.0. The van der Waals surface area contributed by atoms with Crippen molar-refractivity contribution < 1.29 is 0 Å². The molecule has 2 aromatic carbocycles. The van der Waals surface area contributed by atoms with E-state index >= 15 is 0 Å². The van der Waals surface area contributed by atoms with E-state index in [2.05, 4.69) is 80.2 Å². The molecule has 0 spiro atoms. The minimum absolute atomic E-state index is 0.118. The highest BCUT2D eigenvalue weighted by Crippen LogP contribution is 2.20. The first-order chi connectivity index (χ1) is 12.8. The van der Waals surface area contributed by atoms with E-state index in [4.69, 9.17) is 24.4 Å². The summed E-state index contributed by atoms with van der Waals surface area (Å²) >= 11 is 10.9. The molecule has 1 atom stereocenters. The maximum absolute atomic E-state index is 5.45. The predicted molar refractivity (Wildman–Crippen MR) is 125 cm³/mol. The van der Waals surface area contributed by atoms with Crippen LogP contribution in [0.15, 0.2) is 36.4 Å². The largest absolute Gasteiger partial charge is 0.360 e. The van der Waals surface area contributed by atoms with Crippen molar-refractivity contribution in [3.05, 3.63) is 58.7 Å². The zero-order chi connectivity index (χ0) is 20.0. The fourth-order valence-corrected chi connectivity index (χ4v) is 3.34. The Morgan fingerprint density at radius 1 is 0.778 bits per heavy atom. The fraction of sp³-hybridized carbons (Fsp3) is 0.333. The molecule has 0 aromatic heterocycles. The van der Waals surface area contributed by atoms with Gasteiger partial charge in [0.1, 0.15) is 0 Å². The summed E-state index contributed by atoms with van der Waals surface area (Å²) < 4.78 is 0. The van der Waals surface area contributed by atoms with Gasteiger partial charge >= 0.3 is 0 Å². The molecule has 0 bridgehead atoms. The van der Waals surface area contributed by atoms with E-state index in [1.54, 1.807) is 0 Å². The standard InChI is InChI=1S/C21H28N4S2/c1-13-8-6-9-14(2)18(13)24-20(26)22-12-17(5)23-21(27)25-19-15(3)10-7-11-16(19)4/h6-11,17H,12H2,1-5H3,(H2,22,24,26)(H2,23,25,27)/t17-/m1/s1. The number of benzene rings is 2. The van der Waals surface area contributed by atoms with Crippen LogP contribution in [0.1, 0.15) is 29.2 Å². The van der Waals surface area contributed by atoms with Crippen molar-refractivity contribution in [1.29, 1.82) is 0 Å². The normalized spacial score (nSPS) is 11.4. The van der Waals surface area contributed by atoms with Gasteiger partial charge in [0.05, 0.1) is 0 Å². The molecule has 0 aliphatic carbocycles. The van der Waals surface area contributed by atoms with Gasteiger partial charge in [-0.25, -0.2) is 0 Å². The van der Waals surface area contributed by atoms with Gasteiger partial charge in [-0.3, -0.25) is 0 Å². The highest BCUT2D eigenvalue weighted by Gasteiger charge is 2.09. The average molecular weight is 401 g/mol. The quantitative estimate of drug-likeness (QED) is 0.551. The lowest BCUT2D eigenvalue weighted by molar-refractivity contribution is 0.645. The first kappa shape index (κ1) is 21.1. The van der Waals surface area contributed by atoms with E-state index in [1.807, 2.05) is 12.1 Å². The van der Waals surface area contributed by atoms with Crippen molar-refractivity contribution in [2.45, 2.75) is 40.7 Å². The Morgan fingerprint density at radius 2 is 1.19 bits per heavy atom. The molecule has 6 heteroatoms. The van der Waals surface area contributed by atoms with Crippen LogP contribution in [0.2, 0.25) is 0 Å². The van der Waals surface area contributed by atoms with Crippen molar-refractivity contribution in [2.24, 2.45) is 0 Å². The van der Waals surface area contributed by atoms with E-state index in [-0.39, 0.29) is 6.04 Å². The second-order valence-electron chi connectivity index (χ2n) is 6.87. The van der Waals surface area contributed by atoms with Crippen LogP contribution in [0.25, 0.3) is 0 Å². The minimum Gasteiger partial charge on any atom is -0.360 e. The second kappa shape index (κ2) is 9.67. The van der Waals surface area contributed by atoms with Gasteiger partial charge in [-0.15, -0.1) is 0 Å². The summed E-state index contributed by atoms with van der Waals surface area (Å²) in [5.74, 6) is 0. The van der Waals surface area contributed by atoms with Gasteiger partial charge in [0.15, 0.2) is 10.2 Å². The summed E-state index contributed by atoms with van der Waals surface area (Å²) in [5, 5.41) is 14.3. The SMILES string of the molecule is Cc1cccc(C)c1NC(=S)NC[C@@H](C)NC(=S)Nc1c(C)cccc1C. The lowest BCUT2D eigenvalue weighted by atomic mass is 10.1. The van der Waals surface area contributed by atoms with E-state index in [9.17, 15) is 0 Å². The lowest BCUT2D eigenvalue weighted by Gasteiger charge is -2.21. The molecule has 0 fully saturated rings. The van der Waals surface area contributed by atoms with Crippen molar-refractivity contribution in [3.63, 3.8) is 0 Å². The van der Waals surface area contributed by atoms with Crippen LogP contribution < -0.4 is 21.3 Å². The molecule has 0 aliphatic heterocycles. The molecule has 0 amide bonds. The molecule has 4 N–H and O–H groups in total. The van der Waals surface area contributed by atoms with Gasteiger partial charge in [-0.2, -0.15) is 0 Å². The summed E-state index contributed by atoms with van der Waals surface area (Å²) in [7, 11) is 0. The molecule has 0 unspecified atom stereocenters. The molecule has 27 heavy (non-hydrogen) atoms. The summed E-state index contributed by atoms with van der Waals surface area (Å²) in [4.78, 5) is 0. The van der Waals surface area contributed by atoms with Crippen LogP contribution in [0, 0.1) is 27.7 Å². The lowest BCUT2D eigenvalue weighted by Crippen LogP contribution is -2.44. The Kier molecular flexibility index (Phi) is 7.56. The average Bonchev–Trinajstić information content (AvgIpc) is 2.60. The maximum Gasteiger partial charge on any atom is 0.171 e. The van der Waals surface area contributed by atoms with Gasteiger partial charge in [0.25, 0.3) is 0 Å². The number of thiocarbonyl (C=S) groups is 2. The van der Waals surface area contributed by atoms with Crippen LogP contribution in [0.4, 0.5) is 11.4 Å². The van der Waals surface area contributed by atoms with E-state index in [0.717, 1.165) is 11.4 Å². The molecule has 0 saturated heterocycles. The maximum atomic E-state index is 5.45. The Hall–Kier alpha value is -2.18. The van der Waals surface area contributed by atoms with Gasteiger partial charge in [0.2, 0.25) is 0 Å². The zero-order valence-corrected chi connectivity index (χ0v) is 18.2. The monoisotopic (exact) mass is 400 g/mol. The van der Waals surface area contributed by atoms with Crippen LogP contribution in [0.3, 0.4) is 0 Å². The molecule has 0 heterocycles. The third-order valence-corrected chi connectivity index (χ3v) is 4.85. The molecular weight excluding hydrogens is 372 g/mol. The van der Waals surface area contributed by atoms with Crippen molar-refractivity contribution in [1.82, 2.24) is 10.6 Å². The number of rotatable bonds is 5. The van der Waals surface area contributed by atoms with Crippen LogP contribution in [0.5, 0.6) is 0 Å². The fourth-order valence-electron chi connectivity index (χ4n) is 2.85. The first-order valence-corrected chi connectivity index (χ1v) is 9.84. The van der Waals surface area contributed by atoms with Crippen LogP contribution in [-0.2, 0) is 0 Å². The van der Waals surface area contributed by atoms with Gasteiger partial charge in [0, 0.05) is 24.0 Å². The number of hydrogen-bond acceptors (Lipinski definition) is 2. The zero-order valence-electron chi connectivity index (χ0n) is 16.6. The Bertz CT molecular complexity index is 792. The highest BCUT2D eigenvalue weighted by molar-refractivity contribution is 7.80. The molecule has 144 valence electrons. The second-order valence-corrected chi connectivity index (χ2v) is 7.68. The van der Waals surface area contributed by atoms with Crippen molar-refractivity contribution >= 4 is 46.0 Å². The Labute approximate surface area is 173 Å². The molecule has 0 radical (unpaired) electrons. The first-order valence-electron chi connectivity index (χ1n) is 9.02. The smallest absolute Gasteiger partial charge is 0.171 e. The molecule has 0 saturated carbocycles. The third kappa shape index (κ3) is 6.19. The van der Waals surface area contributed by atoms with Crippen molar-refractivity contribution in [2.75, 3.05) is 17.2 Å². The molecule has 0 aliphatic rings. The number of para-hydroxylation sites is 2. The Morgan fingerprint density at radius 3 is 1.63 bits per heavy atom. The molecule has 4 nitrogen and oxygen atoms in total. The van der Waals surface area contributed by atoms with Gasteiger partial charge in [-0.05, 0) is 81.3 Å². The molecule has 2 aromatic rings. The summed E-state index contributed by atoms with van der Waals surface area (Å²) in [6, 6.07) is 12.5. The van der Waals surface area contributed by atoms with Crippen LogP contribution >= 0.6 is 24.4 Å². The highest BCUT2D eigenvalue weighted by atomic mass is 32.1. The minimum atomic E-state index is 0.118. The topological polar surface area (TPSA) is 48.1 Å². The summed E-state index contributed by atoms with van der Waals surface area (Å²) in [5.41, 5.74) is 6.80. The van der Waals surface area contributed by atoms with Crippen LogP contribution in [-0.4, -0.2) is 22.8 Å². The number of nitrogens with one attached hydrogen (secondary N) is 4. The predicted octanol–water partition coefficient (Wildman–Crippen LogP) is 4.58. The Balaban J connectivity index is 1.82. The van der Waals surface area contributed by atoms with Gasteiger partial charge in [-0.1, -0.05) is 36.4 Å². The van der Waals surface area contributed by atoms with E-state index in [1.165, 1.54) is 22.3 Å². The van der Waals surface area contributed by atoms with E-state index in [0.29, 0.717) is 16.8 Å². The van der Waals surface area contributed by atoms with Crippen molar-refractivity contribution in [3.8, 4) is 0 Å². The number of hydrogen-bond donors (Lipinski definition) is 4. The molecular formula is C21H28N4S2. The van der Waals surface area contributed by atoms with Gasteiger partial charge < -0.3 is 21.3 Å². The molecule has 2 rings (SSSR count). The van der Waals surface area contributed by atoms with E-state index < -0.39 is 0 Å². The third-order valence-electron chi connectivity index (χ3n) is 4.39. The number of anilines is 2. The summed E-state index contributed by atoms with van der Waals surface area (Å²) in [6.07, 6.45) is 0. The number of aryl methyl sites for hydroxylation is 4.